The maximum Gasteiger partial charge on any atom is 0.303 e. The van der Waals surface area contributed by atoms with Gasteiger partial charge < -0.3 is 16.2 Å². The van der Waals surface area contributed by atoms with E-state index in [4.69, 9.17) is 16.2 Å². The quantitative estimate of drug-likeness (QED) is 0.446. The average molecular weight is 221 g/mol. The van der Waals surface area contributed by atoms with Gasteiger partial charge in [-0.25, -0.2) is 0 Å². The van der Waals surface area contributed by atoms with Gasteiger partial charge in [0, 0.05) is 12.1 Å². The minimum atomic E-state index is -0.769. The summed E-state index contributed by atoms with van der Waals surface area (Å²) in [6, 6.07) is 7.43. The van der Waals surface area contributed by atoms with E-state index in [9.17, 15) is 4.79 Å². The number of anilines is 1. The SMILES string of the molecule is N=C(N)Nc1ccc(CCCC(=O)O)cc1. The Hall–Kier alpha value is -2.04. The molecule has 0 fully saturated rings. The standard InChI is InChI=1S/C11H15N3O2/c12-11(13)14-9-6-4-8(5-7-9)2-1-3-10(15)16/h4-7H,1-3H2,(H,15,16)(H4,12,13,14). The van der Waals surface area contributed by atoms with Gasteiger partial charge >= 0.3 is 5.97 Å². The van der Waals surface area contributed by atoms with Gasteiger partial charge in [-0.2, -0.15) is 0 Å². The summed E-state index contributed by atoms with van der Waals surface area (Å²) in [5.74, 6) is -0.867. The molecule has 1 aromatic rings. The van der Waals surface area contributed by atoms with E-state index in [1.54, 1.807) is 0 Å². The second-order valence-corrected chi connectivity index (χ2v) is 3.48. The van der Waals surface area contributed by atoms with E-state index >= 15 is 0 Å². The summed E-state index contributed by atoms with van der Waals surface area (Å²) in [4.78, 5) is 10.3. The van der Waals surface area contributed by atoms with Crippen LogP contribution < -0.4 is 11.1 Å². The number of nitrogens with two attached hydrogens (primary N) is 1. The molecule has 0 spiro atoms. The second kappa shape index (κ2) is 5.75. The molecule has 0 aliphatic heterocycles. The van der Waals surface area contributed by atoms with Crippen LogP contribution in [-0.2, 0) is 11.2 Å². The first kappa shape index (κ1) is 12.0. The fourth-order valence-corrected chi connectivity index (χ4v) is 1.35. The van der Waals surface area contributed by atoms with Crippen LogP contribution in [0.25, 0.3) is 0 Å². The van der Waals surface area contributed by atoms with Crippen LogP contribution in [0.4, 0.5) is 5.69 Å². The fraction of sp³-hybridized carbons (Fsp3) is 0.273. The number of aryl methyl sites for hydroxylation is 1. The Morgan fingerprint density at radius 1 is 1.38 bits per heavy atom. The van der Waals surface area contributed by atoms with E-state index < -0.39 is 5.97 Å². The molecule has 16 heavy (non-hydrogen) atoms. The van der Waals surface area contributed by atoms with Gasteiger partial charge in [-0.05, 0) is 30.5 Å². The summed E-state index contributed by atoms with van der Waals surface area (Å²) >= 11 is 0. The molecule has 5 heteroatoms. The highest BCUT2D eigenvalue weighted by Gasteiger charge is 1.99. The summed E-state index contributed by atoms with van der Waals surface area (Å²) in [5.41, 5.74) is 7.02. The Bertz CT molecular complexity index is 373. The lowest BCUT2D eigenvalue weighted by atomic mass is 10.1. The third kappa shape index (κ3) is 4.45. The minimum Gasteiger partial charge on any atom is -0.481 e. The summed E-state index contributed by atoms with van der Waals surface area (Å²) in [5, 5.41) is 18.2. The van der Waals surface area contributed by atoms with E-state index in [1.807, 2.05) is 24.3 Å². The first-order valence-corrected chi connectivity index (χ1v) is 4.99. The smallest absolute Gasteiger partial charge is 0.303 e. The molecule has 0 aromatic heterocycles. The van der Waals surface area contributed by atoms with Crippen LogP contribution >= 0.6 is 0 Å². The van der Waals surface area contributed by atoms with Crippen molar-refractivity contribution in [1.82, 2.24) is 0 Å². The monoisotopic (exact) mass is 221 g/mol. The zero-order valence-corrected chi connectivity index (χ0v) is 8.86. The van der Waals surface area contributed by atoms with Crippen LogP contribution in [0.2, 0.25) is 0 Å². The number of guanidine groups is 1. The van der Waals surface area contributed by atoms with Gasteiger partial charge in [-0.1, -0.05) is 12.1 Å². The van der Waals surface area contributed by atoms with Gasteiger partial charge in [-0.3, -0.25) is 10.2 Å². The Labute approximate surface area is 93.8 Å². The normalized spacial score (nSPS) is 9.75. The number of carboxylic acid groups (broad SMARTS) is 1. The predicted molar refractivity (Wildman–Crippen MR) is 62.6 cm³/mol. The van der Waals surface area contributed by atoms with Crippen molar-refractivity contribution in [3.8, 4) is 0 Å². The molecule has 1 aromatic carbocycles. The Morgan fingerprint density at radius 2 is 2.00 bits per heavy atom. The lowest BCUT2D eigenvalue weighted by Crippen LogP contribution is -2.20. The summed E-state index contributed by atoms with van der Waals surface area (Å²) in [6.07, 6.45) is 1.56. The number of hydrogen-bond donors (Lipinski definition) is 4. The molecule has 86 valence electrons. The zero-order chi connectivity index (χ0) is 12.0. The van der Waals surface area contributed by atoms with Crippen molar-refractivity contribution < 1.29 is 9.90 Å². The van der Waals surface area contributed by atoms with Gasteiger partial charge in [-0.15, -0.1) is 0 Å². The van der Waals surface area contributed by atoms with Gasteiger partial charge in [0.2, 0.25) is 0 Å². The Kier molecular flexibility index (Phi) is 4.32. The Balaban J connectivity index is 2.45. The number of rotatable bonds is 5. The van der Waals surface area contributed by atoms with Gasteiger partial charge in [0.1, 0.15) is 0 Å². The molecule has 0 radical (unpaired) electrons. The molecule has 0 saturated carbocycles. The van der Waals surface area contributed by atoms with Gasteiger partial charge in [0.15, 0.2) is 5.96 Å². The van der Waals surface area contributed by atoms with Crippen LogP contribution in [0.3, 0.4) is 0 Å². The molecule has 0 aliphatic rings. The van der Waals surface area contributed by atoms with Crippen LogP contribution in [0.1, 0.15) is 18.4 Å². The third-order valence-corrected chi connectivity index (χ3v) is 2.09. The van der Waals surface area contributed by atoms with Crippen molar-refractivity contribution in [2.45, 2.75) is 19.3 Å². The van der Waals surface area contributed by atoms with Crippen LogP contribution in [0, 0.1) is 5.41 Å². The molecule has 0 amide bonds. The highest BCUT2D eigenvalue weighted by atomic mass is 16.4. The van der Waals surface area contributed by atoms with Crippen molar-refractivity contribution in [1.29, 1.82) is 5.41 Å². The van der Waals surface area contributed by atoms with Crippen LogP contribution in [-0.4, -0.2) is 17.0 Å². The predicted octanol–water partition coefficient (Wildman–Crippen LogP) is 1.40. The maximum absolute atomic E-state index is 10.3. The number of carbonyl (C=O) groups is 1. The molecule has 1 rings (SSSR count). The molecule has 0 aliphatic carbocycles. The molecular formula is C11H15N3O2. The van der Waals surface area contributed by atoms with Gasteiger partial charge in [0.05, 0.1) is 0 Å². The highest BCUT2D eigenvalue weighted by molar-refractivity contribution is 5.89. The number of carboxylic acids is 1. The lowest BCUT2D eigenvalue weighted by Gasteiger charge is -2.05. The molecule has 5 nitrogen and oxygen atoms in total. The summed E-state index contributed by atoms with van der Waals surface area (Å²) < 4.78 is 0. The summed E-state index contributed by atoms with van der Waals surface area (Å²) in [7, 11) is 0. The first-order chi connectivity index (χ1) is 7.58. The number of nitrogens with one attached hydrogen (secondary N) is 2. The number of benzene rings is 1. The third-order valence-electron chi connectivity index (χ3n) is 2.09. The van der Waals surface area contributed by atoms with Crippen molar-refractivity contribution in [3.63, 3.8) is 0 Å². The molecule has 0 atom stereocenters. The van der Waals surface area contributed by atoms with E-state index in [0.29, 0.717) is 6.42 Å². The van der Waals surface area contributed by atoms with Gasteiger partial charge in [0.25, 0.3) is 0 Å². The molecule has 0 saturated heterocycles. The molecule has 0 heterocycles. The second-order valence-electron chi connectivity index (χ2n) is 3.48. The maximum atomic E-state index is 10.3. The van der Waals surface area contributed by atoms with E-state index in [0.717, 1.165) is 17.7 Å². The molecular weight excluding hydrogens is 206 g/mol. The topological polar surface area (TPSA) is 99.2 Å². The fourth-order valence-electron chi connectivity index (χ4n) is 1.35. The van der Waals surface area contributed by atoms with Crippen molar-refractivity contribution in [2.24, 2.45) is 5.73 Å². The largest absolute Gasteiger partial charge is 0.481 e. The van der Waals surface area contributed by atoms with Crippen molar-refractivity contribution in [3.05, 3.63) is 29.8 Å². The Morgan fingerprint density at radius 3 is 2.50 bits per heavy atom. The molecule has 5 N–H and O–H groups in total. The average Bonchev–Trinajstić information content (AvgIpc) is 2.19. The minimum absolute atomic E-state index is 0.0985. The van der Waals surface area contributed by atoms with E-state index in [2.05, 4.69) is 5.32 Å². The molecule has 0 bridgehead atoms. The van der Waals surface area contributed by atoms with E-state index in [1.165, 1.54) is 0 Å². The molecule has 0 unspecified atom stereocenters. The van der Waals surface area contributed by atoms with E-state index in [-0.39, 0.29) is 12.4 Å². The number of aliphatic carboxylic acids is 1. The lowest BCUT2D eigenvalue weighted by molar-refractivity contribution is -0.137. The van der Waals surface area contributed by atoms with Crippen LogP contribution in [0.5, 0.6) is 0 Å². The zero-order valence-electron chi connectivity index (χ0n) is 8.86. The number of hydrogen-bond acceptors (Lipinski definition) is 2. The first-order valence-electron chi connectivity index (χ1n) is 4.99. The summed E-state index contributed by atoms with van der Waals surface area (Å²) in [6.45, 7) is 0. The van der Waals surface area contributed by atoms with Crippen LogP contribution in [0.15, 0.2) is 24.3 Å². The van der Waals surface area contributed by atoms with Crippen molar-refractivity contribution >= 4 is 17.6 Å². The highest BCUT2D eigenvalue weighted by Crippen LogP contribution is 2.11. The van der Waals surface area contributed by atoms with Crippen molar-refractivity contribution in [2.75, 3.05) is 5.32 Å².